The molecule has 1 aromatic carbocycles. The SMILES string of the molecule is CNC(=O)N(CC(F)(F)F)c1ccc(C)cc1. The molecule has 0 atom stereocenters. The molecule has 0 spiro atoms. The summed E-state index contributed by atoms with van der Waals surface area (Å²) < 4.78 is 37.0. The van der Waals surface area contributed by atoms with E-state index in [1.54, 1.807) is 12.1 Å². The van der Waals surface area contributed by atoms with Crippen molar-refractivity contribution in [3.05, 3.63) is 29.8 Å². The molecule has 0 aliphatic carbocycles. The molecule has 6 heteroatoms. The van der Waals surface area contributed by atoms with Crippen LogP contribution < -0.4 is 10.2 Å². The first-order valence-corrected chi connectivity index (χ1v) is 4.96. The van der Waals surface area contributed by atoms with E-state index in [4.69, 9.17) is 0 Å². The van der Waals surface area contributed by atoms with Crippen molar-refractivity contribution in [3.63, 3.8) is 0 Å². The average molecular weight is 246 g/mol. The maximum Gasteiger partial charge on any atom is 0.406 e. The number of carbonyl (C=O) groups excluding carboxylic acids is 1. The van der Waals surface area contributed by atoms with E-state index in [9.17, 15) is 18.0 Å². The molecular formula is C11H13F3N2O. The third-order valence-corrected chi connectivity index (χ3v) is 2.14. The van der Waals surface area contributed by atoms with Crippen molar-refractivity contribution in [2.75, 3.05) is 18.5 Å². The summed E-state index contributed by atoms with van der Waals surface area (Å²) in [7, 11) is 1.29. The lowest BCUT2D eigenvalue weighted by molar-refractivity contribution is -0.118. The zero-order valence-corrected chi connectivity index (χ0v) is 9.51. The Hall–Kier alpha value is -1.72. The topological polar surface area (TPSA) is 32.3 Å². The minimum absolute atomic E-state index is 0.215. The second-order valence-corrected chi connectivity index (χ2v) is 3.59. The number of urea groups is 1. The Kier molecular flexibility index (Phi) is 3.98. The van der Waals surface area contributed by atoms with Crippen molar-refractivity contribution < 1.29 is 18.0 Å². The fraction of sp³-hybridized carbons (Fsp3) is 0.364. The van der Waals surface area contributed by atoms with Gasteiger partial charge in [0.05, 0.1) is 0 Å². The fourth-order valence-corrected chi connectivity index (χ4v) is 1.32. The number of rotatable bonds is 2. The molecule has 1 aromatic rings. The van der Waals surface area contributed by atoms with E-state index in [2.05, 4.69) is 5.32 Å². The van der Waals surface area contributed by atoms with Crippen LogP contribution in [0.5, 0.6) is 0 Å². The Morgan fingerprint density at radius 2 is 1.82 bits per heavy atom. The van der Waals surface area contributed by atoms with Crippen molar-refractivity contribution >= 4 is 11.7 Å². The molecule has 17 heavy (non-hydrogen) atoms. The van der Waals surface area contributed by atoms with Crippen LogP contribution in [0.4, 0.5) is 23.7 Å². The lowest BCUT2D eigenvalue weighted by atomic mass is 10.2. The van der Waals surface area contributed by atoms with Gasteiger partial charge in [0.25, 0.3) is 0 Å². The van der Waals surface area contributed by atoms with Gasteiger partial charge in [0.2, 0.25) is 0 Å². The molecule has 0 aliphatic rings. The summed E-state index contributed by atoms with van der Waals surface area (Å²) in [4.78, 5) is 12.0. The summed E-state index contributed by atoms with van der Waals surface area (Å²) in [5.74, 6) is 0. The maximum atomic E-state index is 12.3. The molecule has 0 bridgehead atoms. The number of aryl methyl sites for hydroxylation is 1. The van der Waals surface area contributed by atoms with Crippen LogP contribution in [0, 0.1) is 6.92 Å². The van der Waals surface area contributed by atoms with E-state index in [1.165, 1.54) is 19.2 Å². The molecule has 0 saturated heterocycles. The summed E-state index contributed by atoms with van der Waals surface area (Å²) >= 11 is 0. The fourth-order valence-electron chi connectivity index (χ4n) is 1.32. The highest BCUT2D eigenvalue weighted by atomic mass is 19.4. The third kappa shape index (κ3) is 3.97. The number of anilines is 1. The van der Waals surface area contributed by atoms with E-state index in [1.807, 2.05) is 6.92 Å². The maximum absolute atomic E-state index is 12.3. The van der Waals surface area contributed by atoms with Gasteiger partial charge in [-0.25, -0.2) is 4.79 Å². The average Bonchev–Trinajstić information content (AvgIpc) is 2.25. The van der Waals surface area contributed by atoms with Crippen molar-refractivity contribution in [2.24, 2.45) is 0 Å². The van der Waals surface area contributed by atoms with E-state index < -0.39 is 18.8 Å². The largest absolute Gasteiger partial charge is 0.406 e. The van der Waals surface area contributed by atoms with E-state index in [-0.39, 0.29) is 5.69 Å². The number of carbonyl (C=O) groups is 1. The lowest BCUT2D eigenvalue weighted by Gasteiger charge is -2.23. The zero-order chi connectivity index (χ0) is 13.1. The molecule has 0 saturated carbocycles. The smallest absolute Gasteiger partial charge is 0.341 e. The number of nitrogens with zero attached hydrogens (tertiary/aromatic N) is 1. The Balaban J connectivity index is 2.98. The first-order valence-electron chi connectivity index (χ1n) is 4.96. The number of halogens is 3. The Bertz CT molecular complexity index is 387. The van der Waals surface area contributed by atoms with E-state index >= 15 is 0 Å². The Morgan fingerprint density at radius 1 is 1.29 bits per heavy atom. The molecule has 0 unspecified atom stereocenters. The van der Waals surface area contributed by atoms with Crippen LogP contribution in [0.2, 0.25) is 0 Å². The first-order chi connectivity index (χ1) is 7.83. The van der Waals surface area contributed by atoms with Gasteiger partial charge in [-0.1, -0.05) is 17.7 Å². The summed E-state index contributed by atoms with van der Waals surface area (Å²) in [5.41, 5.74) is 1.13. The highest BCUT2D eigenvalue weighted by molar-refractivity contribution is 5.91. The molecular weight excluding hydrogens is 233 g/mol. The monoisotopic (exact) mass is 246 g/mol. The summed E-state index contributed by atoms with van der Waals surface area (Å²) in [5, 5.41) is 2.19. The minimum atomic E-state index is -4.43. The van der Waals surface area contributed by atoms with Gasteiger partial charge < -0.3 is 5.32 Å². The van der Waals surface area contributed by atoms with Crippen molar-refractivity contribution in [1.82, 2.24) is 5.32 Å². The minimum Gasteiger partial charge on any atom is -0.341 e. The highest BCUT2D eigenvalue weighted by Crippen LogP contribution is 2.22. The van der Waals surface area contributed by atoms with Crippen LogP contribution in [0.25, 0.3) is 0 Å². The van der Waals surface area contributed by atoms with Crippen molar-refractivity contribution in [1.29, 1.82) is 0 Å². The Labute approximate surface area is 97.2 Å². The molecule has 1 rings (SSSR count). The summed E-state index contributed by atoms with van der Waals surface area (Å²) in [6.07, 6.45) is -4.43. The predicted molar refractivity (Wildman–Crippen MR) is 59.0 cm³/mol. The lowest BCUT2D eigenvalue weighted by Crippen LogP contribution is -2.43. The highest BCUT2D eigenvalue weighted by Gasteiger charge is 2.33. The molecule has 3 nitrogen and oxygen atoms in total. The van der Waals surface area contributed by atoms with Gasteiger partial charge in [-0.05, 0) is 19.1 Å². The molecule has 1 N–H and O–H groups in total. The van der Waals surface area contributed by atoms with Crippen LogP contribution in [0.15, 0.2) is 24.3 Å². The van der Waals surface area contributed by atoms with Gasteiger partial charge in [-0.2, -0.15) is 13.2 Å². The summed E-state index contributed by atoms with van der Waals surface area (Å²) in [6.45, 7) is 0.507. The van der Waals surface area contributed by atoms with Crippen LogP contribution in [0.1, 0.15) is 5.56 Å². The zero-order valence-electron chi connectivity index (χ0n) is 9.51. The second kappa shape index (κ2) is 5.07. The predicted octanol–water partition coefficient (Wildman–Crippen LogP) is 2.70. The molecule has 2 amide bonds. The van der Waals surface area contributed by atoms with Crippen LogP contribution in [-0.4, -0.2) is 25.8 Å². The standard InChI is InChI=1S/C11H13F3N2O/c1-8-3-5-9(6-4-8)16(10(17)15-2)7-11(12,13)14/h3-6H,7H2,1-2H3,(H,15,17). The molecule has 0 aromatic heterocycles. The number of benzene rings is 1. The van der Waals surface area contributed by atoms with Gasteiger partial charge in [0.1, 0.15) is 6.54 Å². The molecule has 0 fully saturated rings. The van der Waals surface area contributed by atoms with Crippen molar-refractivity contribution in [2.45, 2.75) is 13.1 Å². The molecule has 0 aliphatic heterocycles. The number of nitrogens with one attached hydrogen (secondary N) is 1. The summed E-state index contributed by atoms with van der Waals surface area (Å²) in [6, 6.07) is 5.49. The van der Waals surface area contributed by atoms with Crippen molar-refractivity contribution in [3.8, 4) is 0 Å². The second-order valence-electron chi connectivity index (χ2n) is 3.59. The van der Waals surface area contributed by atoms with Gasteiger partial charge in [0.15, 0.2) is 0 Å². The number of amides is 2. The number of alkyl halides is 3. The molecule has 0 heterocycles. The van der Waals surface area contributed by atoms with Gasteiger partial charge in [0, 0.05) is 12.7 Å². The van der Waals surface area contributed by atoms with E-state index in [0.29, 0.717) is 4.90 Å². The normalized spacial score (nSPS) is 11.1. The van der Waals surface area contributed by atoms with E-state index in [0.717, 1.165) is 5.56 Å². The van der Waals surface area contributed by atoms with Gasteiger partial charge in [-0.3, -0.25) is 4.90 Å². The third-order valence-electron chi connectivity index (χ3n) is 2.14. The van der Waals surface area contributed by atoms with Crippen LogP contribution in [0.3, 0.4) is 0 Å². The quantitative estimate of drug-likeness (QED) is 0.854. The first kappa shape index (κ1) is 13.3. The Morgan fingerprint density at radius 3 is 2.24 bits per heavy atom. The van der Waals surface area contributed by atoms with Crippen LogP contribution in [-0.2, 0) is 0 Å². The number of hydrogen-bond donors (Lipinski definition) is 1. The molecule has 94 valence electrons. The van der Waals surface area contributed by atoms with Gasteiger partial charge >= 0.3 is 12.2 Å². The van der Waals surface area contributed by atoms with Gasteiger partial charge in [-0.15, -0.1) is 0 Å². The number of hydrogen-bond acceptors (Lipinski definition) is 1. The van der Waals surface area contributed by atoms with Crippen LogP contribution >= 0.6 is 0 Å². The molecule has 0 radical (unpaired) electrons.